The number of rotatable bonds is 3. The number of hydrogen-bond donors (Lipinski definition) is 1. The largest absolute Gasteiger partial charge is 0.497 e. The minimum atomic E-state index is -0.538. The number of benzene rings is 1. The molecule has 0 aliphatic rings. The summed E-state index contributed by atoms with van der Waals surface area (Å²) in [5.41, 5.74) is 6.98. The Morgan fingerprint density at radius 3 is 2.55 bits per heavy atom. The van der Waals surface area contributed by atoms with Gasteiger partial charge in [-0.15, -0.1) is 0 Å². The molecule has 0 unspecified atom stereocenters. The first-order chi connectivity index (χ1) is 9.67. The van der Waals surface area contributed by atoms with E-state index in [1.165, 1.54) is 19.2 Å². The highest BCUT2D eigenvalue weighted by atomic mass is 19.1. The normalized spacial score (nSPS) is 11.4. The molecule has 2 aromatic rings. The highest BCUT2D eigenvalue weighted by molar-refractivity contribution is 5.96. The van der Waals surface area contributed by atoms with E-state index in [1.54, 1.807) is 30.6 Å². The number of allylic oxidation sites excluding steroid dienone is 1. The lowest BCUT2D eigenvalue weighted by Gasteiger charge is -2.08. The molecule has 1 aromatic heterocycles. The molecule has 100 valence electrons. The highest BCUT2D eigenvalue weighted by Gasteiger charge is 2.12. The molecule has 1 heterocycles. The fourth-order valence-electron chi connectivity index (χ4n) is 1.77. The molecule has 2 N–H and O–H groups in total. The molecule has 5 heteroatoms. The molecule has 0 spiro atoms. The lowest BCUT2D eigenvalue weighted by atomic mass is 10.0. The third-order valence-electron chi connectivity index (χ3n) is 2.82. The van der Waals surface area contributed by atoms with E-state index in [0.717, 1.165) is 0 Å². The molecule has 4 nitrogen and oxygen atoms in total. The molecule has 0 amide bonds. The van der Waals surface area contributed by atoms with E-state index in [1.807, 2.05) is 6.07 Å². The first-order valence-electron chi connectivity index (χ1n) is 5.81. The van der Waals surface area contributed by atoms with Crippen LogP contribution in [0, 0.1) is 17.1 Å². The Hall–Kier alpha value is -2.87. The molecule has 0 saturated heterocycles. The van der Waals surface area contributed by atoms with Crippen LogP contribution < -0.4 is 10.5 Å². The van der Waals surface area contributed by atoms with Crippen LogP contribution in [0.3, 0.4) is 0 Å². The van der Waals surface area contributed by atoms with Crippen LogP contribution >= 0.6 is 0 Å². The van der Waals surface area contributed by atoms with Gasteiger partial charge in [-0.1, -0.05) is 0 Å². The van der Waals surface area contributed by atoms with Crippen molar-refractivity contribution in [3.63, 3.8) is 0 Å². The summed E-state index contributed by atoms with van der Waals surface area (Å²) in [6.45, 7) is 0. The molecule has 0 fully saturated rings. The molecule has 0 aliphatic carbocycles. The van der Waals surface area contributed by atoms with Gasteiger partial charge in [0.25, 0.3) is 0 Å². The lowest BCUT2D eigenvalue weighted by molar-refractivity contribution is 0.411. The van der Waals surface area contributed by atoms with Crippen LogP contribution in [0.5, 0.6) is 5.75 Å². The summed E-state index contributed by atoms with van der Waals surface area (Å²) in [4.78, 5) is 3.87. The van der Waals surface area contributed by atoms with Crippen LogP contribution in [0.15, 0.2) is 42.7 Å². The second kappa shape index (κ2) is 5.85. The van der Waals surface area contributed by atoms with E-state index < -0.39 is 5.82 Å². The summed E-state index contributed by atoms with van der Waals surface area (Å²) in [5.74, 6) is -0.148. The minimum Gasteiger partial charge on any atom is -0.497 e. The summed E-state index contributed by atoms with van der Waals surface area (Å²) in [6.07, 6.45) is 3.09. The van der Waals surface area contributed by atoms with E-state index in [9.17, 15) is 9.65 Å². The second-order valence-corrected chi connectivity index (χ2v) is 3.98. The Morgan fingerprint density at radius 2 is 2.00 bits per heavy atom. The number of hydrogen-bond acceptors (Lipinski definition) is 4. The standard InChI is InChI=1S/C15H12FN3O/c1-20-11-2-3-12(14(16)8-11)15(18)13(9-17)10-4-6-19-7-5-10/h2-8H,18H2,1H3/b15-13+. The summed E-state index contributed by atoms with van der Waals surface area (Å²) in [7, 11) is 1.45. The second-order valence-electron chi connectivity index (χ2n) is 3.98. The van der Waals surface area contributed by atoms with Gasteiger partial charge in [-0.25, -0.2) is 4.39 Å². The zero-order valence-electron chi connectivity index (χ0n) is 10.8. The van der Waals surface area contributed by atoms with Crippen molar-refractivity contribution in [2.24, 2.45) is 5.73 Å². The van der Waals surface area contributed by atoms with Gasteiger partial charge in [0.1, 0.15) is 17.6 Å². The maximum Gasteiger partial charge on any atom is 0.136 e. The number of methoxy groups -OCH3 is 1. The number of ether oxygens (including phenoxy) is 1. The van der Waals surface area contributed by atoms with Gasteiger partial charge in [0, 0.05) is 24.0 Å². The quantitative estimate of drug-likeness (QED) is 0.869. The molecule has 0 atom stereocenters. The molecule has 0 saturated carbocycles. The maximum absolute atomic E-state index is 14.0. The Kier molecular flexibility index (Phi) is 3.96. The van der Waals surface area contributed by atoms with E-state index in [-0.39, 0.29) is 16.8 Å². The number of pyridine rings is 1. The van der Waals surface area contributed by atoms with Crippen molar-refractivity contribution in [1.29, 1.82) is 5.26 Å². The van der Waals surface area contributed by atoms with Crippen LogP contribution in [0.1, 0.15) is 11.1 Å². The van der Waals surface area contributed by atoms with Crippen molar-refractivity contribution in [2.45, 2.75) is 0 Å². The highest BCUT2D eigenvalue weighted by Crippen LogP contribution is 2.25. The Bertz CT molecular complexity index is 690. The van der Waals surface area contributed by atoms with Crippen molar-refractivity contribution in [1.82, 2.24) is 4.98 Å². The van der Waals surface area contributed by atoms with Crippen LogP contribution in [0.2, 0.25) is 0 Å². The molecular weight excluding hydrogens is 257 g/mol. The fourth-order valence-corrected chi connectivity index (χ4v) is 1.77. The van der Waals surface area contributed by atoms with Gasteiger partial charge in [-0.05, 0) is 29.8 Å². The van der Waals surface area contributed by atoms with Gasteiger partial charge >= 0.3 is 0 Å². The number of halogens is 1. The first-order valence-corrected chi connectivity index (χ1v) is 5.81. The number of nitrogens with zero attached hydrogens (tertiary/aromatic N) is 2. The SMILES string of the molecule is COc1ccc(/C(N)=C(/C#N)c2ccncc2)c(F)c1. The van der Waals surface area contributed by atoms with Gasteiger partial charge < -0.3 is 10.5 Å². The van der Waals surface area contributed by atoms with Crippen molar-refractivity contribution >= 4 is 11.3 Å². The Balaban J connectivity index is 2.55. The van der Waals surface area contributed by atoms with Crippen LogP contribution in [-0.2, 0) is 0 Å². The summed E-state index contributed by atoms with van der Waals surface area (Å²) >= 11 is 0. The van der Waals surface area contributed by atoms with Gasteiger partial charge in [-0.2, -0.15) is 5.26 Å². The average molecular weight is 269 g/mol. The van der Waals surface area contributed by atoms with E-state index in [2.05, 4.69) is 4.98 Å². The summed E-state index contributed by atoms with van der Waals surface area (Å²) in [6, 6.07) is 9.60. The van der Waals surface area contributed by atoms with Crippen molar-refractivity contribution < 1.29 is 9.13 Å². The van der Waals surface area contributed by atoms with Gasteiger partial charge in [0.2, 0.25) is 0 Å². The number of nitrogens with two attached hydrogens (primary N) is 1. The van der Waals surface area contributed by atoms with Crippen LogP contribution in [0.4, 0.5) is 4.39 Å². The predicted molar refractivity (Wildman–Crippen MR) is 73.8 cm³/mol. The minimum absolute atomic E-state index is 0.0823. The zero-order valence-corrected chi connectivity index (χ0v) is 10.8. The third kappa shape index (κ3) is 2.59. The first kappa shape index (κ1) is 13.6. The lowest BCUT2D eigenvalue weighted by Crippen LogP contribution is -2.03. The third-order valence-corrected chi connectivity index (χ3v) is 2.82. The number of nitriles is 1. The Morgan fingerprint density at radius 1 is 1.30 bits per heavy atom. The number of aromatic nitrogens is 1. The van der Waals surface area contributed by atoms with E-state index in [0.29, 0.717) is 11.3 Å². The van der Waals surface area contributed by atoms with Gasteiger partial charge in [-0.3, -0.25) is 4.98 Å². The fraction of sp³-hybridized carbons (Fsp3) is 0.0667. The predicted octanol–water partition coefficient (Wildman–Crippen LogP) is 2.58. The smallest absolute Gasteiger partial charge is 0.136 e. The molecule has 0 radical (unpaired) electrons. The van der Waals surface area contributed by atoms with Gasteiger partial charge in [0.15, 0.2) is 0 Å². The Labute approximate surface area is 115 Å². The maximum atomic E-state index is 14.0. The van der Waals surface area contributed by atoms with Gasteiger partial charge in [0.05, 0.1) is 18.4 Å². The summed E-state index contributed by atoms with van der Waals surface area (Å²) < 4.78 is 18.9. The molecular formula is C15H12FN3O. The van der Waals surface area contributed by atoms with E-state index >= 15 is 0 Å². The summed E-state index contributed by atoms with van der Waals surface area (Å²) in [5, 5.41) is 9.25. The zero-order chi connectivity index (χ0) is 14.5. The molecule has 2 rings (SSSR count). The van der Waals surface area contributed by atoms with E-state index in [4.69, 9.17) is 10.5 Å². The van der Waals surface area contributed by atoms with Crippen molar-refractivity contribution in [2.75, 3.05) is 7.11 Å². The van der Waals surface area contributed by atoms with Crippen LogP contribution in [-0.4, -0.2) is 12.1 Å². The molecule has 20 heavy (non-hydrogen) atoms. The molecule has 0 bridgehead atoms. The average Bonchev–Trinajstić information content (AvgIpc) is 2.48. The van der Waals surface area contributed by atoms with Crippen LogP contribution in [0.25, 0.3) is 11.3 Å². The topological polar surface area (TPSA) is 71.9 Å². The molecule has 1 aromatic carbocycles. The monoisotopic (exact) mass is 269 g/mol. The molecule has 0 aliphatic heterocycles. The van der Waals surface area contributed by atoms with Crippen molar-refractivity contribution in [3.8, 4) is 11.8 Å². The van der Waals surface area contributed by atoms with Crippen molar-refractivity contribution in [3.05, 3.63) is 59.7 Å².